The average molecular weight is 1240 g/mol. The Kier molecular flexibility index (Phi) is 37.9. The van der Waals surface area contributed by atoms with Crippen molar-refractivity contribution in [3.63, 3.8) is 0 Å². The maximum Gasteiger partial charge on any atom is 0.243 e. The second-order valence-corrected chi connectivity index (χ2v) is 24.1. The van der Waals surface area contributed by atoms with Crippen LogP contribution in [0.3, 0.4) is 0 Å². The van der Waals surface area contributed by atoms with Crippen molar-refractivity contribution < 1.29 is 63.0 Å². The van der Waals surface area contributed by atoms with E-state index >= 15 is 0 Å². The number of rotatable bonds is 34. The molecule has 0 bridgehead atoms. The molecule has 0 unspecified atom stereocenters. The van der Waals surface area contributed by atoms with E-state index in [9.17, 15) is 63.0 Å². The number of hydrogen-bond acceptors (Lipinski definition) is 18. The Morgan fingerprint density at radius 1 is 0.580 bits per heavy atom. The maximum atomic E-state index is 14.7. The van der Waals surface area contributed by atoms with Crippen LogP contribution in [-0.4, -0.2) is 162 Å². The summed E-state index contributed by atoms with van der Waals surface area (Å²) in [6.45, 7) is 9.51. The molecule has 0 saturated carbocycles. The van der Waals surface area contributed by atoms with Gasteiger partial charge < -0.3 is 76.1 Å². The molecule has 7 amide bonds. The van der Waals surface area contributed by atoms with Gasteiger partial charge >= 0.3 is 0 Å². The molecule has 2 rings (SSSR count). The van der Waals surface area contributed by atoms with E-state index in [4.69, 9.17) is 28.7 Å². The number of carbonyl (C=O) groups excluding carboxylic acids is 11. The topological polar surface area (TPSA) is 443 Å². The van der Waals surface area contributed by atoms with Crippen LogP contribution < -0.4 is 65.9 Å². The van der Waals surface area contributed by atoms with Crippen molar-refractivity contribution in [3.8, 4) is 0 Å². The van der Waals surface area contributed by atoms with Gasteiger partial charge in [-0.2, -0.15) is 0 Å². The highest BCUT2D eigenvalue weighted by atomic mass is 16.3. The minimum atomic E-state index is -1.43. The standard InChI is InChI=1S/C63H108N12O13/c1-7-9-10-11-12-16-19-42(8-2)57(82)70-49(22-28-66)56(81)37-46(40(6)77)61(86)72-48(21-27-65)53(78)34-43-25-31-69-60(85)45(39(5)76)36-55(80)50(23-29-67)73-62(87)51(24-30-68)74-63(88)52(32-38(3)4)75-59(84)44(33-41-17-14-13-15-18-41)35-54(79)47(20-26-64)71-58(43)83/h13-15,17-18,38-40,42-52,76-77H,7-12,16,19-37,64-68H2,1-6H3,(H,69,85)(H,70,82)(H,71,83)(H,72,86)(H,73,87)(H,74,88)(H,75,84)/t39-,40-,42+,43-,44+,45+,46+,47+,48+,49+,50+,51+,52+/m1/s1. The molecule has 0 radical (unpaired) electrons. The number of ketones is 4. The van der Waals surface area contributed by atoms with E-state index in [0.29, 0.717) is 18.4 Å². The molecule has 1 aromatic rings. The fourth-order valence-electron chi connectivity index (χ4n) is 10.9. The lowest BCUT2D eigenvalue weighted by Gasteiger charge is -2.28. The third kappa shape index (κ3) is 28.2. The summed E-state index contributed by atoms with van der Waals surface area (Å²) < 4.78 is 0. The largest absolute Gasteiger partial charge is 0.393 e. The van der Waals surface area contributed by atoms with Gasteiger partial charge in [0.15, 0.2) is 23.1 Å². The van der Waals surface area contributed by atoms with E-state index in [1.807, 2.05) is 20.8 Å². The SMILES string of the molecule is CCCCCCCC[C@H](CC)C(=O)N[C@@H](CCN)C(=O)C[C@H](C(=O)N[C@@H](CCN)C(=O)C[C@H]1CCNC(=O)[C@H]([C@@H](C)O)CC(=O)[C@H](CCN)NC(=O)[C@H](CCN)NC(=O)[C@H](CC(C)C)NC(=O)[C@@H](Cc2ccccc2)CC(=O)[C@H](CCN)NC1=O)[C@@H](C)O. The third-order valence-corrected chi connectivity index (χ3v) is 16.3. The Balaban J connectivity index is 2.66. The molecule has 1 aliphatic heterocycles. The molecule has 1 fully saturated rings. The van der Waals surface area contributed by atoms with Gasteiger partial charge in [-0.1, -0.05) is 96.6 Å². The number of hydrogen-bond donors (Lipinski definition) is 14. The first-order valence-corrected chi connectivity index (χ1v) is 32.0. The Hall–Kier alpha value is -6.09. The summed E-state index contributed by atoms with van der Waals surface area (Å²) >= 11 is 0. The van der Waals surface area contributed by atoms with Crippen LogP contribution in [0.5, 0.6) is 0 Å². The van der Waals surface area contributed by atoms with Crippen molar-refractivity contribution in [2.75, 3.05) is 39.3 Å². The number of nitrogens with one attached hydrogen (secondary N) is 7. The zero-order valence-corrected chi connectivity index (χ0v) is 53.1. The molecule has 1 saturated heterocycles. The number of amides is 7. The van der Waals surface area contributed by atoms with Gasteiger partial charge in [0.05, 0.1) is 48.2 Å². The monoisotopic (exact) mass is 1240 g/mol. The molecule has 88 heavy (non-hydrogen) atoms. The number of benzene rings is 1. The van der Waals surface area contributed by atoms with E-state index in [1.54, 1.807) is 30.3 Å². The van der Waals surface area contributed by atoms with Crippen LogP contribution in [0.25, 0.3) is 0 Å². The van der Waals surface area contributed by atoms with Crippen molar-refractivity contribution in [1.29, 1.82) is 0 Å². The molecule has 25 nitrogen and oxygen atoms in total. The van der Waals surface area contributed by atoms with Gasteiger partial charge in [-0.15, -0.1) is 0 Å². The number of carbonyl (C=O) groups is 11. The van der Waals surface area contributed by atoms with Crippen LogP contribution in [0.2, 0.25) is 0 Å². The number of unbranched alkanes of at least 4 members (excludes halogenated alkanes) is 5. The summed E-state index contributed by atoms with van der Waals surface area (Å²) in [5.74, 6) is -13.5. The Labute approximate surface area is 520 Å². The summed E-state index contributed by atoms with van der Waals surface area (Å²) in [7, 11) is 0. The lowest BCUT2D eigenvalue weighted by atomic mass is 9.88. The highest BCUT2D eigenvalue weighted by molar-refractivity contribution is 5.99. The summed E-state index contributed by atoms with van der Waals surface area (Å²) in [6, 6.07) is 1.18. The smallest absolute Gasteiger partial charge is 0.243 e. The number of Topliss-reactive ketones (excluding diaryl/α,β-unsaturated/α-hetero) is 4. The normalized spacial score (nSPS) is 22.8. The lowest BCUT2D eigenvalue weighted by Crippen LogP contribution is -2.57. The van der Waals surface area contributed by atoms with Crippen LogP contribution in [-0.2, 0) is 59.2 Å². The molecular formula is C63H108N12O13. The second-order valence-electron chi connectivity index (χ2n) is 24.1. The van der Waals surface area contributed by atoms with Crippen molar-refractivity contribution in [2.45, 2.75) is 218 Å². The predicted octanol–water partition coefficient (Wildman–Crippen LogP) is 0.288. The fourth-order valence-corrected chi connectivity index (χ4v) is 10.9. The molecule has 1 aliphatic rings. The van der Waals surface area contributed by atoms with Crippen LogP contribution in [0.1, 0.15) is 169 Å². The van der Waals surface area contributed by atoms with Gasteiger partial charge in [-0.25, -0.2) is 0 Å². The van der Waals surface area contributed by atoms with Crippen LogP contribution in [0.4, 0.5) is 0 Å². The van der Waals surface area contributed by atoms with Crippen molar-refractivity contribution in [3.05, 3.63) is 35.9 Å². The summed E-state index contributed by atoms with van der Waals surface area (Å²) in [6.07, 6.45) is 1.77. The van der Waals surface area contributed by atoms with Crippen LogP contribution >= 0.6 is 0 Å². The number of aliphatic hydroxyl groups is 2. The minimum Gasteiger partial charge on any atom is -0.393 e. The number of aliphatic hydroxyl groups excluding tert-OH is 2. The van der Waals surface area contributed by atoms with Crippen LogP contribution in [0, 0.1) is 35.5 Å². The third-order valence-electron chi connectivity index (χ3n) is 16.3. The highest BCUT2D eigenvalue weighted by Crippen LogP contribution is 2.22. The molecule has 1 heterocycles. The molecular weight excluding hydrogens is 1130 g/mol. The Morgan fingerprint density at radius 3 is 1.65 bits per heavy atom. The van der Waals surface area contributed by atoms with Crippen molar-refractivity contribution in [1.82, 2.24) is 37.2 Å². The van der Waals surface area contributed by atoms with Crippen LogP contribution in [0.15, 0.2) is 30.3 Å². The van der Waals surface area contributed by atoms with E-state index in [1.165, 1.54) is 13.8 Å². The quantitative estimate of drug-likeness (QED) is 0.0412. The van der Waals surface area contributed by atoms with Crippen molar-refractivity contribution >= 4 is 64.5 Å². The highest BCUT2D eigenvalue weighted by Gasteiger charge is 2.38. The molecule has 498 valence electrons. The van der Waals surface area contributed by atoms with E-state index < -0.39 is 156 Å². The van der Waals surface area contributed by atoms with Gasteiger partial charge in [0.1, 0.15) is 12.1 Å². The molecule has 0 aromatic heterocycles. The Bertz CT molecular complexity index is 2360. The van der Waals surface area contributed by atoms with Crippen molar-refractivity contribution in [2.24, 2.45) is 64.2 Å². The molecule has 1 aromatic carbocycles. The first-order valence-electron chi connectivity index (χ1n) is 32.0. The van der Waals surface area contributed by atoms with Gasteiger partial charge in [0.25, 0.3) is 0 Å². The zero-order chi connectivity index (χ0) is 65.9. The Morgan fingerprint density at radius 2 is 1.09 bits per heavy atom. The predicted molar refractivity (Wildman–Crippen MR) is 335 cm³/mol. The van der Waals surface area contributed by atoms with E-state index in [2.05, 4.69) is 44.1 Å². The molecule has 0 aliphatic carbocycles. The molecule has 13 atom stereocenters. The van der Waals surface area contributed by atoms with Gasteiger partial charge in [0.2, 0.25) is 41.4 Å². The van der Waals surface area contributed by atoms with E-state index in [0.717, 1.165) is 38.5 Å². The minimum absolute atomic E-state index is 0.0126. The first-order chi connectivity index (χ1) is 41.9. The maximum absolute atomic E-state index is 14.7. The van der Waals surface area contributed by atoms with E-state index in [-0.39, 0.29) is 108 Å². The molecule has 25 heteroatoms. The van der Waals surface area contributed by atoms with Gasteiger partial charge in [-0.3, -0.25) is 52.7 Å². The second kappa shape index (κ2) is 42.8. The summed E-state index contributed by atoms with van der Waals surface area (Å²) in [4.78, 5) is 156. The summed E-state index contributed by atoms with van der Waals surface area (Å²) in [5.41, 5.74) is 30.4. The average Bonchev–Trinajstić information content (AvgIpc) is 3.56. The van der Waals surface area contributed by atoms with Gasteiger partial charge in [-0.05, 0) is 122 Å². The molecule has 0 spiro atoms. The first kappa shape index (κ1) is 78.0. The fraction of sp³-hybridized carbons (Fsp3) is 0.730. The number of nitrogens with two attached hydrogens (primary N) is 5. The molecule has 19 N–H and O–H groups in total. The summed E-state index contributed by atoms with van der Waals surface area (Å²) in [5, 5.41) is 40.8. The van der Waals surface area contributed by atoms with Gasteiger partial charge in [0, 0.05) is 50.0 Å². The zero-order valence-electron chi connectivity index (χ0n) is 53.1. The lowest BCUT2D eigenvalue weighted by molar-refractivity contribution is -0.137.